The van der Waals surface area contributed by atoms with Crippen molar-refractivity contribution in [3.63, 3.8) is 0 Å². The summed E-state index contributed by atoms with van der Waals surface area (Å²) in [6, 6.07) is 27.5. The number of pyridine rings is 2. The smallest absolute Gasteiger partial charge is 0.237 e. The number of fused-ring (bicyclic) bond motifs is 2. The first kappa shape index (κ1) is 23.0. The molecule has 2 aromatic carbocycles. The average molecular weight is 525 g/mol. The number of hydrogen-bond donors (Lipinski definition) is 0. The van der Waals surface area contributed by atoms with E-state index in [1.54, 1.807) is 12.4 Å². The zero-order valence-electron chi connectivity index (χ0n) is 20.7. The maximum Gasteiger partial charge on any atom is 0.237 e. The van der Waals surface area contributed by atoms with Crippen molar-refractivity contribution in [1.82, 2.24) is 9.97 Å². The Labute approximate surface area is 229 Å². The normalized spacial score (nSPS) is 13.9. The van der Waals surface area contributed by atoms with Gasteiger partial charge < -0.3 is 9.47 Å². The molecule has 2 aliphatic rings. The number of aliphatic imine (C=N–C) groups is 2. The van der Waals surface area contributed by atoms with Gasteiger partial charge in [0.05, 0.1) is 32.5 Å². The van der Waals surface area contributed by atoms with E-state index in [1.165, 1.54) is 11.3 Å². The summed E-state index contributed by atoms with van der Waals surface area (Å²) in [6.45, 7) is 8.24. The van der Waals surface area contributed by atoms with E-state index >= 15 is 0 Å². The molecular formula is C32H20N4O2S. The number of rotatable bonds is 4. The molecule has 39 heavy (non-hydrogen) atoms. The molecule has 2 aliphatic heterocycles. The lowest BCUT2D eigenvalue weighted by Gasteiger charge is -2.19. The summed E-state index contributed by atoms with van der Waals surface area (Å²) in [5.74, 6) is 2.06. The minimum Gasteiger partial charge on any atom is -0.438 e. The molecular weight excluding hydrogens is 504 g/mol. The summed E-state index contributed by atoms with van der Waals surface area (Å²) in [5, 5.41) is 0. The van der Waals surface area contributed by atoms with Gasteiger partial charge in [-0.1, -0.05) is 37.4 Å². The molecule has 5 heterocycles. The monoisotopic (exact) mass is 524 g/mol. The third-order valence-electron chi connectivity index (χ3n) is 6.43. The average Bonchev–Trinajstić information content (AvgIpc) is 3.48. The minimum absolute atomic E-state index is 0.481. The van der Waals surface area contributed by atoms with Gasteiger partial charge in [-0.2, -0.15) is 0 Å². The van der Waals surface area contributed by atoms with Crippen molar-refractivity contribution in [2.24, 2.45) is 9.98 Å². The van der Waals surface area contributed by atoms with Gasteiger partial charge in [-0.15, -0.1) is 11.3 Å². The molecule has 0 N–H and O–H groups in total. The lowest BCUT2D eigenvalue weighted by molar-refractivity contribution is 0.506. The largest absolute Gasteiger partial charge is 0.438 e. The van der Waals surface area contributed by atoms with Gasteiger partial charge in [0.25, 0.3) is 0 Å². The van der Waals surface area contributed by atoms with E-state index in [0.29, 0.717) is 23.3 Å². The lowest BCUT2D eigenvalue weighted by Crippen LogP contribution is -2.09. The van der Waals surface area contributed by atoms with Crippen LogP contribution < -0.4 is 0 Å². The lowest BCUT2D eigenvalue weighted by atomic mass is 10.0. The Hall–Kier alpha value is -5.14. The maximum atomic E-state index is 6.03. The second-order valence-electron chi connectivity index (χ2n) is 8.94. The summed E-state index contributed by atoms with van der Waals surface area (Å²) in [7, 11) is 0. The molecule has 0 saturated heterocycles. The second-order valence-corrected chi connectivity index (χ2v) is 10.0. The van der Waals surface area contributed by atoms with Gasteiger partial charge in [0.1, 0.15) is 11.5 Å². The fourth-order valence-corrected chi connectivity index (χ4v) is 5.35. The van der Waals surface area contributed by atoms with E-state index < -0.39 is 0 Å². The van der Waals surface area contributed by atoms with Crippen molar-refractivity contribution in [2.45, 2.75) is 0 Å². The Morgan fingerprint density at radius 1 is 0.564 bits per heavy atom. The van der Waals surface area contributed by atoms with Crippen LogP contribution in [0.25, 0.3) is 34.0 Å². The summed E-state index contributed by atoms with van der Waals surface area (Å²) >= 11 is 1.48. The quantitative estimate of drug-likeness (QED) is 0.239. The van der Waals surface area contributed by atoms with Crippen molar-refractivity contribution in [2.75, 3.05) is 0 Å². The molecule has 0 saturated carbocycles. The van der Waals surface area contributed by atoms with Gasteiger partial charge in [-0.25, -0.2) is 9.98 Å². The van der Waals surface area contributed by atoms with Crippen LogP contribution >= 0.6 is 11.3 Å². The third kappa shape index (κ3) is 4.24. The molecule has 0 atom stereocenters. The van der Waals surface area contributed by atoms with Crippen LogP contribution in [0.2, 0.25) is 0 Å². The Balaban J connectivity index is 1.22. The molecule has 0 aliphatic carbocycles. The van der Waals surface area contributed by atoms with Crippen molar-refractivity contribution >= 4 is 46.0 Å². The molecule has 0 bridgehead atoms. The summed E-state index contributed by atoms with van der Waals surface area (Å²) in [5.41, 5.74) is 7.00. The summed E-state index contributed by atoms with van der Waals surface area (Å²) in [6.07, 6.45) is 3.56. The predicted octanol–water partition coefficient (Wildman–Crippen LogP) is 8.03. The third-order valence-corrected chi connectivity index (χ3v) is 7.49. The first-order valence-corrected chi connectivity index (χ1v) is 13.1. The molecule has 186 valence electrons. The highest BCUT2D eigenvalue weighted by Crippen LogP contribution is 2.39. The van der Waals surface area contributed by atoms with E-state index in [0.717, 1.165) is 54.8 Å². The highest BCUT2D eigenvalue weighted by molar-refractivity contribution is 7.16. The van der Waals surface area contributed by atoms with Crippen LogP contribution in [-0.2, 0) is 9.47 Å². The van der Waals surface area contributed by atoms with Crippen molar-refractivity contribution < 1.29 is 9.47 Å². The summed E-state index contributed by atoms with van der Waals surface area (Å²) in [4.78, 5) is 20.2. The number of hydrogen-bond acceptors (Lipinski definition) is 7. The molecule has 0 amide bonds. The van der Waals surface area contributed by atoms with E-state index in [2.05, 4.69) is 23.1 Å². The Morgan fingerprint density at radius 3 is 1.49 bits per heavy atom. The zero-order valence-corrected chi connectivity index (χ0v) is 21.5. The topological polar surface area (TPSA) is 69.0 Å². The molecule has 6 nitrogen and oxygen atoms in total. The van der Waals surface area contributed by atoms with Crippen LogP contribution in [0.15, 0.2) is 120 Å². The van der Waals surface area contributed by atoms with Crippen LogP contribution in [0, 0.1) is 0 Å². The van der Waals surface area contributed by atoms with Crippen LogP contribution in [0.4, 0.5) is 11.4 Å². The highest BCUT2D eigenvalue weighted by Gasteiger charge is 2.24. The number of nitrogens with zero attached hydrogens (tertiary/aromatic N) is 4. The molecule has 0 radical (unpaired) electrons. The Morgan fingerprint density at radius 2 is 1.05 bits per heavy atom. The van der Waals surface area contributed by atoms with Crippen LogP contribution in [0.5, 0.6) is 0 Å². The highest BCUT2D eigenvalue weighted by atomic mass is 32.1. The van der Waals surface area contributed by atoms with Crippen molar-refractivity contribution in [1.29, 1.82) is 0 Å². The maximum absolute atomic E-state index is 6.03. The zero-order chi connectivity index (χ0) is 26.3. The van der Waals surface area contributed by atoms with E-state index in [9.17, 15) is 0 Å². The number of aromatic nitrogens is 2. The van der Waals surface area contributed by atoms with Crippen LogP contribution in [0.3, 0.4) is 0 Å². The standard InChI is InChI=1S/C32H20N4O2S/c1-19-23-11-9-21(25-7-3-5-15-33-25)17-27(23)35-31(37-19)29-13-14-30(39-29)32-36-28-18-22(26-8-4-6-16-34-26)10-12-24(28)20(2)38-32/h3-18H,1-2H2. The Bertz CT molecular complexity index is 1710. The van der Waals surface area contributed by atoms with Gasteiger partial charge >= 0.3 is 0 Å². The van der Waals surface area contributed by atoms with Crippen molar-refractivity contribution in [3.05, 3.63) is 131 Å². The van der Waals surface area contributed by atoms with Crippen LogP contribution in [-0.4, -0.2) is 21.8 Å². The van der Waals surface area contributed by atoms with E-state index in [1.807, 2.05) is 84.9 Å². The fourth-order valence-electron chi connectivity index (χ4n) is 4.49. The molecule has 5 aromatic rings. The fraction of sp³-hybridized carbons (Fsp3) is 0. The van der Waals surface area contributed by atoms with Crippen molar-refractivity contribution in [3.8, 4) is 22.5 Å². The molecule has 0 fully saturated rings. The number of benzene rings is 2. The van der Waals surface area contributed by atoms with Gasteiger partial charge in [0.15, 0.2) is 0 Å². The predicted molar refractivity (Wildman–Crippen MR) is 156 cm³/mol. The van der Waals surface area contributed by atoms with Gasteiger partial charge in [0, 0.05) is 34.6 Å². The number of ether oxygens (including phenoxy) is 2. The van der Waals surface area contributed by atoms with E-state index in [-0.39, 0.29) is 0 Å². The molecule has 3 aromatic heterocycles. The molecule has 7 rings (SSSR count). The summed E-state index contributed by atoms with van der Waals surface area (Å²) < 4.78 is 12.1. The van der Waals surface area contributed by atoms with E-state index in [4.69, 9.17) is 19.5 Å². The van der Waals surface area contributed by atoms with Gasteiger partial charge in [-0.05, 0) is 60.7 Å². The molecule has 7 heteroatoms. The first-order valence-electron chi connectivity index (χ1n) is 12.3. The SMILES string of the molecule is C=C1OC(c2ccc(C3=Nc4cc(-c5ccccn5)ccc4C(=C)O3)s2)=Nc2cc(-c3ccccn3)ccc21. The second kappa shape index (κ2) is 9.31. The Kier molecular flexibility index (Phi) is 5.49. The van der Waals surface area contributed by atoms with Gasteiger partial charge in [0.2, 0.25) is 11.8 Å². The number of thiophene rings is 1. The van der Waals surface area contributed by atoms with Gasteiger partial charge in [-0.3, -0.25) is 9.97 Å². The van der Waals surface area contributed by atoms with Crippen LogP contribution in [0.1, 0.15) is 20.9 Å². The first-order chi connectivity index (χ1) is 19.1. The minimum atomic E-state index is 0.481. The molecule has 0 unspecified atom stereocenters. The molecule has 0 spiro atoms.